The largest absolute Gasteiger partial charge is 0.272 e. The van der Waals surface area contributed by atoms with E-state index >= 15 is 0 Å². The molecular formula is C19H18N4O. The number of carbonyl (C=O) groups is 1. The zero-order chi connectivity index (χ0) is 17.1. The monoisotopic (exact) mass is 318 g/mol. The third-order valence-electron chi connectivity index (χ3n) is 3.76. The van der Waals surface area contributed by atoms with Crippen LogP contribution < -0.4 is 5.43 Å². The fraction of sp³-hybridized carbons (Fsp3) is 0.158. The van der Waals surface area contributed by atoms with E-state index in [-0.39, 0.29) is 5.91 Å². The van der Waals surface area contributed by atoms with Crippen molar-refractivity contribution < 1.29 is 4.79 Å². The Morgan fingerprint density at radius 3 is 2.58 bits per heavy atom. The van der Waals surface area contributed by atoms with Gasteiger partial charge in [-0.15, -0.1) is 0 Å². The number of aryl methyl sites for hydroxylation is 2. The molecule has 0 unspecified atom stereocenters. The Kier molecular flexibility index (Phi) is 4.33. The molecule has 0 aliphatic heterocycles. The molecule has 0 saturated carbocycles. The average Bonchev–Trinajstić information content (AvgIpc) is 2.59. The first-order chi connectivity index (χ1) is 11.5. The lowest BCUT2D eigenvalue weighted by Gasteiger charge is -2.08. The number of aromatic nitrogens is 2. The molecule has 24 heavy (non-hydrogen) atoms. The number of carbonyl (C=O) groups excluding carboxylic acids is 1. The van der Waals surface area contributed by atoms with Gasteiger partial charge in [-0.1, -0.05) is 11.6 Å². The van der Waals surface area contributed by atoms with E-state index in [0.29, 0.717) is 5.56 Å². The minimum Gasteiger partial charge on any atom is -0.267 e. The maximum Gasteiger partial charge on any atom is 0.272 e. The van der Waals surface area contributed by atoms with Crippen LogP contribution in [-0.4, -0.2) is 21.6 Å². The minimum atomic E-state index is -0.246. The number of amides is 1. The van der Waals surface area contributed by atoms with Gasteiger partial charge < -0.3 is 0 Å². The van der Waals surface area contributed by atoms with Crippen molar-refractivity contribution in [3.63, 3.8) is 0 Å². The highest BCUT2D eigenvalue weighted by Gasteiger charge is 2.12. The molecule has 0 atom stereocenters. The number of nitrogens with zero attached hydrogens (tertiary/aromatic N) is 3. The highest BCUT2D eigenvalue weighted by Crippen LogP contribution is 2.20. The first-order valence-corrected chi connectivity index (χ1v) is 7.67. The molecule has 1 N–H and O–H groups in total. The van der Waals surface area contributed by atoms with Crippen LogP contribution in [0.1, 0.15) is 34.1 Å². The van der Waals surface area contributed by atoms with Gasteiger partial charge in [0, 0.05) is 29.0 Å². The van der Waals surface area contributed by atoms with E-state index in [2.05, 4.69) is 20.5 Å². The van der Waals surface area contributed by atoms with Gasteiger partial charge in [0.25, 0.3) is 5.91 Å². The van der Waals surface area contributed by atoms with E-state index in [1.807, 2.05) is 51.1 Å². The maximum atomic E-state index is 12.6. The molecule has 0 radical (unpaired) electrons. The van der Waals surface area contributed by atoms with Crippen LogP contribution >= 0.6 is 0 Å². The first kappa shape index (κ1) is 15.8. The number of nitrogens with one attached hydrogen (secondary N) is 1. The summed E-state index contributed by atoms with van der Waals surface area (Å²) in [4.78, 5) is 21.1. The summed E-state index contributed by atoms with van der Waals surface area (Å²) in [6, 6.07) is 11.4. The van der Waals surface area contributed by atoms with Gasteiger partial charge in [0.05, 0.1) is 16.8 Å². The molecule has 0 fully saturated rings. The standard InChI is InChI=1S/C19H18N4O/c1-12-4-5-18-16(10-12)17(11-13(2)21-18)19(24)23-22-14(3)15-6-8-20-9-7-15/h4-11H,1-3H3,(H,23,24)/b22-14-. The maximum absolute atomic E-state index is 12.6. The molecule has 0 saturated heterocycles. The van der Waals surface area contributed by atoms with E-state index in [1.54, 1.807) is 18.5 Å². The van der Waals surface area contributed by atoms with E-state index in [1.165, 1.54) is 0 Å². The number of benzene rings is 1. The molecule has 120 valence electrons. The molecule has 3 aromatic rings. The van der Waals surface area contributed by atoms with E-state index in [9.17, 15) is 4.79 Å². The molecule has 0 aliphatic rings. The quantitative estimate of drug-likeness (QED) is 0.594. The Hall–Kier alpha value is -3.08. The number of pyridine rings is 2. The van der Waals surface area contributed by atoms with Crippen LogP contribution in [0.4, 0.5) is 0 Å². The number of hydrazone groups is 1. The number of hydrogen-bond donors (Lipinski definition) is 1. The van der Waals surface area contributed by atoms with Gasteiger partial charge in [0.1, 0.15) is 0 Å². The Balaban J connectivity index is 1.93. The Bertz CT molecular complexity index is 933. The van der Waals surface area contributed by atoms with Crippen molar-refractivity contribution in [1.29, 1.82) is 0 Å². The molecule has 1 aromatic carbocycles. The van der Waals surface area contributed by atoms with Crippen molar-refractivity contribution in [2.24, 2.45) is 5.10 Å². The van der Waals surface area contributed by atoms with E-state index in [0.717, 1.165) is 33.4 Å². The summed E-state index contributed by atoms with van der Waals surface area (Å²) in [5.74, 6) is -0.246. The Morgan fingerprint density at radius 2 is 1.83 bits per heavy atom. The SMILES string of the molecule is C/C(=N/NC(=O)c1cc(C)nc2ccc(C)cc12)c1ccncc1. The highest BCUT2D eigenvalue weighted by molar-refractivity contribution is 6.07. The van der Waals surface area contributed by atoms with Crippen molar-refractivity contribution in [3.8, 4) is 0 Å². The lowest BCUT2D eigenvalue weighted by atomic mass is 10.0. The normalized spacial score (nSPS) is 11.5. The van der Waals surface area contributed by atoms with Gasteiger partial charge in [0.2, 0.25) is 0 Å². The molecule has 0 bridgehead atoms. The predicted octanol–water partition coefficient (Wildman–Crippen LogP) is 3.40. The smallest absolute Gasteiger partial charge is 0.267 e. The predicted molar refractivity (Wildman–Crippen MR) is 95.1 cm³/mol. The van der Waals surface area contributed by atoms with Crippen LogP contribution in [0.5, 0.6) is 0 Å². The number of hydrogen-bond acceptors (Lipinski definition) is 4. The Labute approximate surface area is 140 Å². The molecule has 1 amide bonds. The van der Waals surface area contributed by atoms with Crippen molar-refractivity contribution >= 4 is 22.5 Å². The summed E-state index contributed by atoms with van der Waals surface area (Å²) in [7, 11) is 0. The second-order valence-electron chi connectivity index (χ2n) is 5.71. The van der Waals surface area contributed by atoms with Crippen molar-refractivity contribution in [2.45, 2.75) is 20.8 Å². The third kappa shape index (κ3) is 3.30. The molecule has 2 heterocycles. The molecule has 5 heteroatoms. The van der Waals surface area contributed by atoms with Gasteiger partial charge in [-0.3, -0.25) is 14.8 Å². The van der Waals surface area contributed by atoms with Gasteiger partial charge in [-0.2, -0.15) is 5.10 Å². The molecule has 0 aliphatic carbocycles. The van der Waals surface area contributed by atoms with Crippen LogP contribution in [0, 0.1) is 13.8 Å². The molecular weight excluding hydrogens is 300 g/mol. The molecule has 0 spiro atoms. The summed E-state index contributed by atoms with van der Waals surface area (Å²) in [5, 5.41) is 5.03. The lowest BCUT2D eigenvalue weighted by Crippen LogP contribution is -2.20. The lowest BCUT2D eigenvalue weighted by molar-refractivity contribution is 0.0956. The van der Waals surface area contributed by atoms with Gasteiger partial charge in [0.15, 0.2) is 0 Å². The van der Waals surface area contributed by atoms with Gasteiger partial charge in [-0.05, 0) is 51.1 Å². The van der Waals surface area contributed by atoms with Crippen LogP contribution in [-0.2, 0) is 0 Å². The van der Waals surface area contributed by atoms with Crippen molar-refractivity contribution in [3.05, 3.63) is 71.2 Å². The van der Waals surface area contributed by atoms with E-state index < -0.39 is 0 Å². The average molecular weight is 318 g/mol. The third-order valence-corrected chi connectivity index (χ3v) is 3.76. The van der Waals surface area contributed by atoms with Crippen LogP contribution in [0.25, 0.3) is 10.9 Å². The number of fused-ring (bicyclic) bond motifs is 1. The summed E-state index contributed by atoms with van der Waals surface area (Å²) >= 11 is 0. The van der Waals surface area contributed by atoms with Crippen LogP contribution in [0.2, 0.25) is 0 Å². The van der Waals surface area contributed by atoms with Gasteiger partial charge in [-0.25, -0.2) is 5.43 Å². The van der Waals surface area contributed by atoms with Gasteiger partial charge >= 0.3 is 0 Å². The zero-order valence-electron chi connectivity index (χ0n) is 13.9. The van der Waals surface area contributed by atoms with Crippen molar-refractivity contribution in [1.82, 2.24) is 15.4 Å². The highest BCUT2D eigenvalue weighted by atomic mass is 16.2. The first-order valence-electron chi connectivity index (χ1n) is 7.67. The fourth-order valence-electron chi connectivity index (χ4n) is 2.51. The molecule has 5 nitrogen and oxygen atoms in total. The van der Waals surface area contributed by atoms with Crippen LogP contribution in [0.3, 0.4) is 0 Å². The van der Waals surface area contributed by atoms with Crippen LogP contribution in [0.15, 0.2) is 53.9 Å². The summed E-state index contributed by atoms with van der Waals surface area (Å²) in [6.07, 6.45) is 3.39. The summed E-state index contributed by atoms with van der Waals surface area (Å²) in [5.41, 5.74) is 7.53. The Morgan fingerprint density at radius 1 is 1.08 bits per heavy atom. The molecule has 3 rings (SSSR count). The fourth-order valence-corrected chi connectivity index (χ4v) is 2.51. The topological polar surface area (TPSA) is 67.2 Å². The second kappa shape index (κ2) is 6.58. The zero-order valence-corrected chi connectivity index (χ0v) is 13.9. The summed E-state index contributed by atoms with van der Waals surface area (Å²) < 4.78 is 0. The molecule has 2 aromatic heterocycles. The number of rotatable bonds is 3. The van der Waals surface area contributed by atoms with Crippen molar-refractivity contribution in [2.75, 3.05) is 0 Å². The second-order valence-corrected chi connectivity index (χ2v) is 5.71. The van der Waals surface area contributed by atoms with E-state index in [4.69, 9.17) is 0 Å². The minimum absolute atomic E-state index is 0.246. The summed E-state index contributed by atoms with van der Waals surface area (Å²) in [6.45, 7) is 5.71.